The fourth-order valence-electron chi connectivity index (χ4n) is 6.35. The Morgan fingerprint density at radius 3 is 2.54 bits per heavy atom. The molecule has 3 aliphatic rings. The van der Waals surface area contributed by atoms with E-state index >= 15 is 0 Å². The molecular weight excluding hydrogens is 633 g/mol. The molecule has 2 aliphatic heterocycles. The maximum Gasteiger partial charge on any atom is 0.573 e. The van der Waals surface area contributed by atoms with E-state index in [1.807, 2.05) is 12.2 Å². The number of hydrogen-bond donors (Lipinski definition) is 2. The molecule has 48 heavy (non-hydrogen) atoms. The second-order valence-corrected chi connectivity index (χ2v) is 12.3. The lowest BCUT2D eigenvalue weighted by atomic mass is 10.1. The monoisotopic (exact) mass is 668 g/mol. The van der Waals surface area contributed by atoms with Crippen LogP contribution in [0.4, 0.5) is 18.0 Å². The van der Waals surface area contributed by atoms with Crippen LogP contribution in [-0.4, -0.2) is 89.1 Å². The highest BCUT2D eigenvalue weighted by Gasteiger charge is 2.61. The van der Waals surface area contributed by atoms with Gasteiger partial charge in [-0.15, -0.1) is 13.2 Å². The number of carbonyl (C=O) groups excluding carboxylic acids is 2. The first-order chi connectivity index (χ1) is 22.9. The lowest BCUT2D eigenvalue weighted by Gasteiger charge is -2.29. The van der Waals surface area contributed by atoms with E-state index in [-0.39, 0.29) is 43.0 Å². The molecule has 14 heteroatoms. The maximum absolute atomic E-state index is 13.7. The molecule has 4 atom stereocenters. The highest BCUT2D eigenvalue weighted by Crippen LogP contribution is 2.45. The molecule has 2 N–H and O–H groups in total. The Bertz CT molecular complexity index is 1750. The van der Waals surface area contributed by atoms with Crippen LogP contribution in [-0.2, 0) is 9.59 Å². The Labute approximate surface area is 274 Å². The number of allylic oxidation sites excluding steroid dienone is 1. The number of nitrogens with one attached hydrogen (secondary N) is 1. The van der Waals surface area contributed by atoms with Crippen LogP contribution in [0.15, 0.2) is 60.7 Å². The van der Waals surface area contributed by atoms with Crippen molar-refractivity contribution in [2.45, 2.75) is 56.2 Å². The van der Waals surface area contributed by atoms with E-state index in [2.05, 4.69) is 10.1 Å². The number of fused-ring (bicyclic) bond motifs is 3. The number of rotatable bonds is 6. The number of carboxylic acids is 1. The van der Waals surface area contributed by atoms with E-state index in [1.54, 1.807) is 36.2 Å². The first kappa shape index (κ1) is 32.9. The van der Waals surface area contributed by atoms with Gasteiger partial charge in [0.1, 0.15) is 29.2 Å². The largest absolute Gasteiger partial charge is 0.573 e. The van der Waals surface area contributed by atoms with Crippen molar-refractivity contribution in [2.24, 2.45) is 5.92 Å². The number of aromatic nitrogens is 1. The van der Waals surface area contributed by atoms with E-state index in [1.165, 1.54) is 36.3 Å². The molecule has 3 amide bonds. The van der Waals surface area contributed by atoms with Gasteiger partial charge in [-0.05, 0) is 79.6 Å². The third-order valence-electron chi connectivity index (χ3n) is 9.03. The minimum atomic E-state index is -4.83. The van der Waals surface area contributed by atoms with E-state index in [0.717, 1.165) is 19.3 Å². The SMILES string of the molecule is COc1ccc2c(OC3CC4C(=O)NC5(C(=O)O)CC5/C=C\CCCCN(C)C(=O)N4C3)nc(-c3ccc(OC(F)(F)F)cc3)cc2c1. The van der Waals surface area contributed by atoms with Gasteiger partial charge < -0.3 is 34.4 Å². The molecule has 254 valence electrons. The van der Waals surface area contributed by atoms with Crippen LogP contribution in [0.1, 0.15) is 32.1 Å². The quantitative estimate of drug-likeness (QED) is 0.335. The van der Waals surface area contributed by atoms with Crippen molar-refractivity contribution in [1.82, 2.24) is 20.1 Å². The smallest absolute Gasteiger partial charge is 0.497 e. The lowest BCUT2D eigenvalue weighted by molar-refractivity contribution is -0.274. The molecule has 4 unspecified atom stereocenters. The van der Waals surface area contributed by atoms with Crippen LogP contribution >= 0.6 is 0 Å². The number of ether oxygens (including phenoxy) is 3. The summed E-state index contributed by atoms with van der Waals surface area (Å²) in [7, 11) is 3.19. The Kier molecular flexibility index (Phi) is 8.84. The van der Waals surface area contributed by atoms with Gasteiger partial charge in [0.2, 0.25) is 11.8 Å². The second-order valence-electron chi connectivity index (χ2n) is 12.3. The number of halogens is 3. The Morgan fingerprint density at radius 1 is 1.08 bits per heavy atom. The van der Waals surface area contributed by atoms with Gasteiger partial charge in [-0.1, -0.05) is 12.2 Å². The third-order valence-corrected chi connectivity index (χ3v) is 9.03. The topological polar surface area (TPSA) is 131 Å². The first-order valence-corrected chi connectivity index (χ1v) is 15.6. The average molecular weight is 669 g/mol. The Morgan fingerprint density at radius 2 is 1.83 bits per heavy atom. The summed E-state index contributed by atoms with van der Waals surface area (Å²) >= 11 is 0. The minimum absolute atomic E-state index is 0.0394. The van der Waals surface area contributed by atoms with Gasteiger partial charge in [-0.2, -0.15) is 0 Å². The fraction of sp³-hybridized carbons (Fsp3) is 0.412. The summed E-state index contributed by atoms with van der Waals surface area (Å²) in [5.74, 6) is -1.68. The summed E-state index contributed by atoms with van der Waals surface area (Å²) in [6.45, 7) is 0.520. The molecular formula is C34H35F3N4O7. The predicted octanol–water partition coefficient (Wildman–Crippen LogP) is 5.38. The molecule has 1 aromatic heterocycles. The summed E-state index contributed by atoms with van der Waals surface area (Å²) < 4.78 is 54.0. The first-order valence-electron chi connectivity index (χ1n) is 15.6. The highest BCUT2D eigenvalue weighted by atomic mass is 19.4. The van der Waals surface area contributed by atoms with Crippen molar-refractivity contribution in [3.63, 3.8) is 0 Å². The van der Waals surface area contributed by atoms with E-state index in [4.69, 9.17) is 14.5 Å². The molecule has 1 aliphatic carbocycles. The highest BCUT2D eigenvalue weighted by molar-refractivity contribution is 5.95. The zero-order valence-corrected chi connectivity index (χ0v) is 26.3. The maximum atomic E-state index is 13.7. The minimum Gasteiger partial charge on any atom is -0.497 e. The third kappa shape index (κ3) is 6.83. The van der Waals surface area contributed by atoms with Gasteiger partial charge >= 0.3 is 18.4 Å². The molecule has 0 radical (unpaired) electrons. The van der Waals surface area contributed by atoms with Crippen LogP contribution in [0.5, 0.6) is 17.4 Å². The van der Waals surface area contributed by atoms with Gasteiger partial charge in [0, 0.05) is 36.9 Å². The number of nitrogens with zero attached hydrogens (tertiary/aromatic N) is 3. The van der Waals surface area contributed by atoms with E-state index < -0.39 is 35.9 Å². The van der Waals surface area contributed by atoms with Gasteiger partial charge in [-0.3, -0.25) is 4.79 Å². The summed E-state index contributed by atoms with van der Waals surface area (Å²) in [6, 6.07) is 10.9. The van der Waals surface area contributed by atoms with Crippen LogP contribution in [0.2, 0.25) is 0 Å². The van der Waals surface area contributed by atoms with Crippen molar-refractivity contribution >= 4 is 28.7 Å². The molecule has 1 saturated carbocycles. The number of methoxy groups -OCH3 is 1. The molecule has 1 saturated heterocycles. The Hall–Kier alpha value is -5.01. The molecule has 3 heterocycles. The number of pyridine rings is 1. The normalized spacial score (nSPS) is 25.4. The van der Waals surface area contributed by atoms with Crippen molar-refractivity contribution in [1.29, 1.82) is 0 Å². The Balaban J connectivity index is 1.31. The lowest BCUT2D eigenvalue weighted by Crippen LogP contribution is -2.54. The number of carbonyl (C=O) groups is 3. The average Bonchev–Trinajstić information content (AvgIpc) is 3.58. The van der Waals surface area contributed by atoms with Crippen molar-refractivity contribution in [3.05, 3.63) is 60.7 Å². The zero-order valence-electron chi connectivity index (χ0n) is 26.3. The molecule has 2 aromatic carbocycles. The standard InChI is InChI=1S/C34H35F3N4O7/c1-40-14-6-4-3-5-7-22-18-33(22,31(43)44)39-29(42)28-17-25(19-41(28)32(40)45)47-30-26-13-12-24(46-2)15-21(26)16-27(38-30)20-8-10-23(11-9-20)48-34(35,36)37/h5,7-13,15-16,22,25,28H,3-4,6,14,17-19H2,1-2H3,(H,39,42)(H,43,44)/b7-5-. The number of hydrogen-bond acceptors (Lipinski definition) is 7. The molecule has 6 rings (SSSR count). The number of benzene rings is 2. The van der Waals surface area contributed by atoms with E-state index in [9.17, 15) is 32.7 Å². The summed E-state index contributed by atoms with van der Waals surface area (Å²) in [6.07, 6.45) is 0.898. The molecule has 3 aromatic rings. The number of urea groups is 1. The molecule has 0 spiro atoms. The summed E-state index contributed by atoms with van der Waals surface area (Å²) in [4.78, 5) is 47.3. The van der Waals surface area contributed by atoms with Crippen LogP contribution in [0.25, 0.3) is 22.0 Å². The number of alkyl halides is 3. The number of carboxylic acid groups (broad SMARTS) is 1. The molecule has 0 bridgehead atoms. The zero-order chi connectivity index (χ0) is 34.2. The summed E-state index contributed by atoms with van der Waals surface area (Å²) in [5, 5.41) is 14.0. The molecule has 11 nitrogen and oxygen atoms in total. The van der Waals surface area contributed by atoms with Crippen LogP contribution < -0.4 is 19.5 Å². The second kappa shape index (κ2) is 12.9. The van der Waals surface area contributed by atoms with Gasteiger partial charge in [-0.25, -0.2) is 14.6 Å². The van der Waals surface area contributed by atoms with Crippen molar-refractivity contribution in [2.75, 3.05) is 27.2 Å². The number of amides is 3. The van der Waals surface area contributed by atoms with E-state index in [0.29, 0.717) is 34.3 Å². The van der Waals surface area contributed by atoms with Crippen LogP contribution in [0, 0.1) is 5.92 Å². The van der Waals surface area contributed by atoms with Gasteiger partial charge in [0.05, 0.1) is 19.3 Å². The van der Waals surface area contributed by atoms with Crippen LogP contribution in [0.3, 0.4) is 0 Å². The van der Waals surface area contributed by atoms with Crippen molar-refractivity contribution in [3.8, 4) is 28.6 Å². The van der Waals surface area contributed by atoms with Gasteiger partial charge in [0.25, 0.3) is 0 Å². The van der Waals surface area contributed by atoms with Gasteiger partial charge in [0.15, 0.2) is 0 Å². The predicted molar refractivity (Wildman–Crippen MR) is 168 cm³/mol. The number of aliphatic carboxylic acids is 1. The fourth-order valence-corrected chi connectivity index (χ4v) is 6.35. The summed E-state index contributed by atoms with van der Waals surface area (Å²) in [5.41, 5.74) is -0.542. The van der Waals surface area contributed by atoms with Crippen molar-refractivity contribution < 1.29 is 46.9 Å². The molecule has 2 fully saturated rings.